The molecule has 2 aliphatic heterocycles. The molecule has 2 fully saturated rings. The second-order valence-electron chi connectivity index (χ2n) is 7.02. The molecule has 3 rings (SSSR count). The predicted octanol–water partition coefficient (Wildman–Crippen LogP) is 1.99. The van der Waals surface area contributed by atoms with Gasteiger partial charge in [-0.15, -0.1) is 12.4 Å². The number of carbonyl (C=O) groups is 1. The summed E-state index contributed by atoms with van der Waals surface area (Å²) in [7, 11) is 1.67. The van der Waals surface area contributed by atoms with E-state index in [1.807, 2.05) is 6.07 Å². The number of nitrogens with one attached hydrogen (secondary N) is 2. The molecule has 140 valence electrons. The van der Waals surface area contributed by atoms with Crippen LogP contribution in [0.5, 0.6) is 0 Å². The molecule has 0 saturated carbocycles. The summed E-state index contributed by atoms with van der Waals surface area (Å²) in [6.45, 7) is 4.94. The van der Waals surface area contributed by atoms with Gasteiger partial charge in [-0.25, -0.2) is 0 Å². The van der Waals surface area contributed by atoms with Gasteiger partial charge in [-0.05, 0) is 44.5 Å². The fourth-order valence-electron chi connectivity index (χ4n) is 3.97. The Balaban J connectivity index is 0.00000225. The number of hydrogen-bond donors (Lipinski definition) is 2. The van der Waals surface area contributed by atoms with E-state index in [1.165, 1.54) is 18.4 Å². The van der Waals surface area contributed by atoms with Crippen LogP contribution in [0.15, 0.2) is 30.3 Å². The third-order valence-electron chi connectivity index (χ3n) is 5.37. The minimum atomic E-state index is -0.416. The van der Waals surface area contributed by atoms with Crippen molar-refractivity contribution in [1.29, 1.82) is 0 Å². The number of halogens is 1. The zero-order valence-corrected chi connectivity index (χ0v) is 15.8. The number of rotatable bonds is 7. The normalized spacial score (nSPS) is 24.7. The summed E-state index contributed by atoms with van der Waals surface area (Å²) >= 11 is 0. The van der Waals surface area contributed by atoms with Crippen LogP contribution < -0.4 is 10.6 Å². The van der Waals surface area contributed by atoms with Crippen LogP contribution in [0.2, 0.25) is 0 Å². The fraction of sp³-hybridized carbons (Fsp3) is 0.632. The summed E-state index contributed by atoms with van der Waals surface area (Å²) in [5.74, 6) is 0.120. The van der Waals surface area contributed by atoms with Crippen LogP contribution in [0.3, 0.4) is 0 Å². The lowest BCUT2D eigenvalue weighted by Gasteiger charge is -2.31. The molecule has 25 heavy (non-hydrogen) atoms. The number of amides is 1. The molecule has 1 aromatic carbocycles. The van der Waals surface area contributed by atoms with Crippen molar-refractivity contribution in [3.05, 3.63) is 35.9 Å². The maximum Gasteiger partial charge on any atom is 0.229 e. The van der Waals surface area contributed by atoms with E-state index in [2.05, 4.69) is 39.8 Å². The highest BCUT2D eigenvalue weighted by atomic mass is 35.5. The summed E-state index contributed by atoms with van der Waals surface area (Å²) in [6, 6.07) is 10.8. The number of nitrogens with zero attached hydrogens (tertiary/aromatic N) is 1. The summed E-state index contributed by atoms with van der Waals surface area (Å²) < 4.78 is 5.33. The van der Waals surface area contributed by atoms with Crippen LogP contribution in [0.25, 0.3) is 0 Å². The number of methoxy groups -OCH3 is 1. The molecule has 5 nitrogen and oxygen atoms in total. The van der Waals surface area contributed by atoms with Crippen molar-refractivity contribution >= 4 is 18.3 Å². The smallest absolute Gasteiger partial charge is 0.229 e. The van der Waals surface area contributed by atoms with Crippen molar-refractivity contribution in [1.82, 2.24) is 15.5 Å². The summed E-state index contributed by atoms with van der Waals surface area (Å²) in [4.78, 5) is 15.3. The number of likely N-dealkylation sites (tertiary alicyclic amines) is 1. The predicted molar refractivity (Wildman–Crippen MR) is 102 cm³/mol. The molecule has 2 heterocycles. The Morgan fingerprint density at radius 2 is 2.04 bits per heavy atom. The van der Waals surface area contributed by atoms with Gasteiger partial charge in [-0.1, -0.05) is 30.3 Å². The molecule has 2 N–H and O–H groups in total. The van der Waals surface area contributed by atoms with E-state index in [0.29, 0.717) is 19.7 Å². The van der Waals surface area contributed by atoms with E-state index in [9.17, 15) is 4.79 Å². The molecule has 0 aromatic heterocycles. The van der Waals surface area contributed by atoms with Gasteiger partial charge in [0.1, 0.15) is 0 Å². The Kier molecular flexibility index (Phi) is 7.69. The molecule has 0 spiro atoms. The van der Waals surface area contributed by atoms with Crippen molar-refractivity contribution in [3.63, 3.8) is 0 Å². The molecular formula is C19H30ClN3O2. The average molecular weight is 368 g/mol. The van der Waals surface area contributed by atoms with Gasteiger partial charge < -0.3 is 15.4 Å². The van der Waals surface area contributed by atoms with Gasteiger partial charge in [-0.3, -0.25) is 9.69 Å². The second kappa shape index (κ2) is 9.53. The minimum Gasteiger partial charge on any atom is -0.384 e. The van der Waals surface area contributed by atoms with Gasteiger partial charge in [0.05, 0.1) is 18.1 Å². The van der Waals surface area contributed by atoms with E-state index < -0.39 is 5.41 Å². The van der Waals surface area contributed by atoms with Gasteiger partial charge >= 0.3 is 0 Å². The van der Waals surface area contributed by atoms with Crippen molar-refractivity contribution < 1.29 is 9.53 Å². The van der Waals surface area contributed by atoms with Crippen LogP contribution in [-0.2, 0) is 9.53 Å². The molecule has 2 aliphatic rings. The minimum absolute atomic E-state index is 0. The first-order valence-electron chi connectivity index (χ1n) is 9.02. The van der Waals surface area contributed by atoms with Gasteiger partial charge in [0.2, 0.25) is 5.91 Å². The van der Waals surface area contributed by atoms with Crippen LogP contribution in [0, 0.1) is 5.41 Å². The fourth-order valence-corrected chi connectivity index (χ4v) is 3.97. The van der Waals surface area contributed by atoms with E-state index in [4.69, 9.17) is 4.74 Å². The van der Waals surface area contributed by atoms with Gasteiger partial charge in [0, 0.05) is 20.2 Å². The van der Waals surface area contributed by atoms with E-state index in [1.54, 1.807) is 7.11 Å². The third kappa shape index (κ3) is 4.73. The second-order valence-corrected chi connectivity index (χ2v) is 7.02. The van der Waals surface area contributed by atoms with E-state index >= 15 is 0 Å². The van der Waals surface area contributed by atoms with Crippen LogP contribution in [0.1, 0.15) is 30.9 Å². The van der Waals surface area contributed by atoms with E-state index in [-0.39, 0.29) is 24.4 Å². The monoisotopic (exact) mass is 367 g/mol. The third-order valence-corrected chi connectivity index (χ3v) is 5.37. The molecule has 2 saturated heterocycles. The molecule has 0 bridgehead atoms. The summed E-state index contributed by atoms with van der Waals surface area (Å²) in [5.41, 5.74) is 0.867. The standard InChI is InChI=1S/C19H29N3O2.ClH/c1-24-15-19(9-10-20-14-19)18(23)21-13-17(22-11-5-6-12-22)16-7-3-2-4-8-16;/h2-4,7-8,17,20H,5-6,9-15H2,1H3,(H,21,23);1H. The van der Waals surface area contributed by atoms with Gasteiger partial charge in [0.25, 0.3) is 0 Å². The molecule has 2 unspecified atom stereocenters. The number of hydrogen-bond acceptors (Lipinski definition) is 4. The molecule has 1 amide bonds. The number of benzene rings is 1. The van der Waals surface area contributed by atoms with Crippen molar-refractivity contribution in [3.8, 4) is 0 Å². The van der Waals surface area contributed by atoms with Crippen LogP contribution in [0.4, 0.5) is 0 Å². The van der Waals surface area contributed by atoms with Crippen molar-refractivity contribution in [2.45, 2.75) is 25.3 Å². The molecule has 0 aliphatic carbocycles. The summed E-state index contributed by atoms with van der Waals surface area (Å²) in [6.07, 6.45) is 3.33. The lowest BCUT2D eigenvalue weighted by molar-refractivity contribution is -0.133. The Labute approximate surface area is 156 Å². The lowest BCUT2D eigenvalue weighted by Crippen LogP contribution is -2.48. The highest BCUT2D eigenvalue weighted by molar-refractivity contribution is 5.85. The van der Waals surface area contributed by atoms with Crippen LogP contribution >= 0.6 is 12.4 Å². The van der Waals surface area contributed by atoms with Gasteiger partial charge in [0.15, 0.2) is 0 Å². The first-order chi connectivity index (χ1) is 11.7. The van der Waals surface area contributed by atoms with Crippen LogP contribution in [-0.4, -0.2) is 57.2 Å². The van der Waals surface area contributed by atoms with Gasteiger partial charge in [-0.2, -0.15) is 0 Å². The molecule has 1 aromatic rings. The largest absolute Gasteiger partial charge is 0.384 e. The van der Waals surface area contributed by atoms with Crippen molar-refractivity contribution in [2.75, 3.05) is 46.4 Å². The lowest BCUT2D eigenvalue weighted by atomic mass is 9.87. The van der Waals surface area contributed by atoms with Crippen molar-refractivity contribution in [2.24, 2.45) is 5.41 Å². The Hall–Kier alpha value is -1.14. The highest BCUT2D eigenvalue weighted by Gasteiger charge is 2.41. The zero-order chi connectivity index (χ0) is 16.8. The maximum atomic E-state index is 12.9. The average Bonchev–Trinajstić information content (AvgIpc) is 3.29. The maximum absolute atomic E-state index is 12.9. The Bertz CT molecular complexity index is 529. The topological polar surface area (TPSA) is 53.6 Å². The first-order valence-corrected chi connectivity index (χ1v) is 9.02. The Morgan fingerprint density at radius 3 is 2.64 bits per heavy atom. The zero-order valence-electron chi connectivity index (χ0n) is 15.0. The Morgan fingerprint density at radius 1 is 1.32 bits per heavy atom. The number of ether oxygens (including phenoxy) is 1. The highest BCUT2D eigenvalue weighted by Crippen LogP contribution is 2.28. The molecule has 6 heteroatoms. The molecule has 2 atom stereocenters. The SMILES string of the molecule is COCC1(C(=O)NCC(c2ccccc2)N2CCCC2)CCNC1.Cl. The van der Waals surface area contributed by atoms with E-state index in [0.717, 1.165) is 26.1 Å². The molecule has 0 radical (unpaired) electrons. The molecular weight excluding hydrogens is 338 g/mol. The summed E-state index contributed by atoms with van der Waals surface area (Å²) in [5, 5.41) is 6.53. The quantitative estimate of drug-likeness (QED) is 0.773. The number of carbonyl (C=O) groups excluding carboxylic acids is 1. The first kappa shape index (κ1) is 20.2.